The fourth-order valence-electron chi connectivity index (χ4n) is 2.14. The number of thiophene rings is 1. The number of nitrogens with one attached hydrogen (secondary N) is 1. The van der Waals surface area contributed by atoms with E-state index in [0.717, 1.165) is 34.0 Å². The molecule has 2 aromatic rings. The number of rotatable bonds is 5. The average Bonchev–Trinajstić information content (AvgIpc) is 2.83. The Hall–Kier alpha value is -1.14. The van der Waals surface area contributed by atoms with Gasteiger partial charge in [0.05, 0.1) is 6.54 Å². The molecule has 21 heavy (non-hydrogen) atoms. The van der Waals surface area contributed by atoms with Crippen molar-refractivity contribution in [1.82, 2.24) is 9.97 Å². The zero-order chi connectivity index (χ0) is 15.6. The van der Waals surface area contributed by atoms with Crippen LogP contribution in [0.5, 0.6) is 0 Å². The van der Waals surface area contributed by atoms with Gasteiger partial charge in [0, 0.05) is 40.3 Å². The highest BCUT2D eigenvalue weighted by Gasteiger charge is 2.16. The minimum absolute atomic E-state index is 0.306. The molecule has 2 rings (SSSR count). The minimum Gasteiger partial charge on any atom is -0.373 e. The molecule has 6 heteroatoms. The van der Waals surface area contributed by atoms with E-state index in [-0.39, 0.29) is 0 Å². The van der Waals surface area contributed by atoms with Crippen molar-refractivity contribution in [3.8, 4) is 0 Å². The van der Waals surface area contributed by atoms with Crippen molar-refractivity contribution in [3.63, 3.8) is 0 Å². The molecule has 0 amide bonds. The Morgan fingerprint density at radius 2 is 2.10 bits per heavy atom. The van der Waals surface area contributed by atoms with Crippen LogP contribution >= 0.6 is 27.3 Å². The molecule has 0 spiro atoms. The van der Waals surface area contributed by atoms with E-state index in [0.29, 0.717) is 5.92 Å². The molecule has 0 saturated carbocycles. The highest BCUT2D eigenvalue weighted by atomic mass is 79.9. The molecule has 114 valence electrons. The van der Waals surface area contributed by atoms with Crippen molar-refractivity contribution >= 4 is 38.9 Å². The van der Waals surface area contributed by atoms with Crippen LogP contribution in [0.2, 0.25) is 0 Å². The summed E-state index contributed by atoms with van der Waals surface area (Å²) in [7, 11) is 3.98. The predicted molar refractivity (Wildman–Crippen MR) is 94.5 cm³/mol. The zero-order valence-corrected chi connectivity index (χ0v) is 15.5. The smallest absolute Gasteiger partial charge is 0.137 e. The standard InChI is InChI=1S/C15H21BrN4S/c1-9(2)13-18-14(17-4)10(3)15(19-13)20(5)7-12-6-11(16)8-21-12/h6,8-9H,7H2,1-5H3,(H,17,18,19). The maximum Gasteiger partial charge on any atom is 0.137 e. The summed E-state index contributed by atoms with van der Waals surface area (Å²) in [4.78, 5) is 12.8. The summed E-state index contributed by atoms with van der Waals surface area (Å²) in [6.07, 6.45) is 0. The third-order valence-corrected chi connectivity index (χ3v) is 4.95. The lowest BCUT2D eigenvalue weighted by Crippen LogP contribution is -2.20. The van der Waals surface area contributed by atoms with Crippen molar-refractivity contribution in [2.45, 2.75) is 33.2 Å². The average molecular weight is 369 g/mol. The fourth-order valence-corrected chi connectivity index (χ4v) is 3.64. The quantitative estimate of drug-likeness (QED) is 0.848. The lowest BCUT2D eigenvalue weighted by atomic mass is 10.2. The van der Waals surface area contributed by atoms with Crippen molar-refractivity contribution in [2.75, 3.05) is 24.3 Å². The summed E-state index contributed by atoms with van der Waals surface area (Å²) >= 11 is 5.25. The number of halogens is 1. The normalized spacial score (nSPS) is 11.0. The molecule has 2 heterocycles. The first-order valence-corrected chi connectivity index (χ1v) is 8.60. The second-order valence-electron chi connectivity index (χ2n) is 5.37. The highest BCUT2D eigenvalue weighted by Crippen LogP contribution is 2.28. The molecule has 0 aliphatic heterocycles. The Morgan fingerprint density at radius 3 is 2.62 bits per heavy atom. The number of anilines is 2. The molecule has 0 aromatic carbocycles. The van der Waals surface area contributed by atoms with Crippen molar-refractivity contribution < 1.29 is 0 Å². The molecule has 2 aromatic heterocycles. The summed E-state index contributed by atoms with van der Waals surface area (Å²) in [5.74, 6) is 3.07. The van der Waals surface area contributed by atoms with Crippen LogP contribution in [0.25, 0.3) is 0 Å². The Kier molecular flexibility index (Phi) is 5.22. The summed E-state index contributed by atoms with van der Waals surface area (Å²) < 4.78 is 1.13. The molecule has 0 aliphatic carbocycles. The van der Waals surface area contributed by atoms with Gasteiger partial charge in [-0.3, -0.25) is 0 Å². The van der Waals surface area contributed by atoms with Gasteiger partial charge < -0.3 is 10.2 Å². The Balaban J connectivity index is 2.34. The third kappa shape index (κ3) is 3.74. The van der Waals surface area contributed by atoms with E-state index in [2.05, 4.69) is 70.4 Å². The summed E-state index contributed by atoms with van der Waals surface area (Å²) in [5.41, 5.74) is 1.08. The summed E-state index contributed by atoms with van der Waals surface area (Å²) in [5, 5.41) is 5.28. The van der Waals surface area contributed by atoms with Gasteiger partial charge in [-0.1, -0.05) is 13.8 Å². The number of hydrogen-bond acceptors (Lipinski definition) is 5. The lowest BCUT2D eigenvalue weighted by Gasteiger charge is -2.22. The summed E-state index contributed by atoms with van der Waals surface area (Å²) in [6, 6.07) is 2.15. The van der Waals surface area contributed by atoms with Crippen LogP contribution in [0, 0.1) is 6.92 Å². The fraction of sp³-hybridized carbons (Fsp3) is 0.467. The van der Waals surface area contributed by atoms with Crippen LogP contribution in [0.15, 0.2) is 15.9 Å². The van der Waals surface area contributed by atoms with E-state index in [1.54, 1.807) is 11.3 Å². The van der Waals surface area contributed by atoms with E-state index in [1.807, 2.05) is 7.05 Å². The molecule has 4 nitrogen and oxygen atoms in total. The molecule has 1 N–H and O–H groups in total. The third-order valence-electron chi connectivity index (χ3n) is 3.27. The van der Waals surface area contributed by atoms with Gasteiger partial charge in [-0.2, -0.15) is 0 Å². The van der Waals surface area contributed by atoms with E-state index < -0.39 is 0 Å². The number of hydrogen-bond donors (Lipinski definition) is 1. The summed E-state index contributed by atoms with van der Waals surface area (Å²) in [6.45, 7) is 7.13. The zero-order valence-electron chi connectivity index (χ0n) is 13.1. The lowest BCUT2D eigenvalue weighted by molar-refractivity contribution is 0.761. The number of aromatic nitrogens is 2. The van der Waals surface area contributed by atoms with Gasteiger partial charge in [0.25, 0.3) is 0 Å². The molecule has 0 saturated heterocycles. The largest absolute Gasteiger partial charge is 0.373 e. The van der Waals surface area contributed by atoms with Crippen LogP contribution < -0.4 is 10.2 Å². The van der Waals surface area contributed by atoms with E-state index in [1.165, 1.54) is 4.88 Å². The molecule has 0 radical (unpaired) electrons. The molecule has 0 atom stereocenters. The monoisotopic (exact) mass is 368 g/mol. The first kappa shape index (κ1) is 16.2. The second-order valence-corrected chi connectivity index (χ2v) is 7.28. The van der Waals surface area contributed by atoms with Gasteiger partial charge >= 0.3 is 0 Å². The predicted octanol–water partition coefficient (Wildman–Crippen LogP) is 4.41. The Morgan fingerprint density at radius 1 is 1.38 bits per heavy atom. The van der Waals surface area contributed by atoms with Crippen molar-refractivity contribution in [1.29, 1.82) is 0 Å². The Labute approximate surface area is 138 Å². The maximum atomic E-state index is 4.75. The second kappa shape index (κ2) is 6.75. The first-order chi connectivity index (χ1) is 9.92. The highest BCUT2D eigenvalue weighted by molar-refractivity contribution is 9.10. The van der Waals surface area contributed by atoms with Crippen LogP contribution in [0.1, 0.15) is 36.0 Å². The maximum absolute atomic E-state index is 4.75. The SMILES string of the molecule is CNc1nc(C(C)C)nc(N(C)Cc2cc(Br)cs2)c1C. The molecular weight excluding hydrogens is 348 g/mol. The Bertz CT molecular complexity index is 624. The minimum atomic E-state index is 0.306. The molecule has 0 unspecified atom stereocenters. The van der Waals surface area contributed by atoms with Gasteiger partial charge in [-0.15, -0.1) is 11.3 Å². The van der Waals surface area contributed by atoms with Crippen molar-refractivity contribution in [2.24, 2.45) is 0 Å². The molecule has 0 bridgehead atoms. The van der Waals surface area contributed by atoms with E-state index >= 15 is 0 Å². The molecule has 0 aliphatic rings. The topological polar surface area (TPSA) is 41.1 Å². The molecule has 0 fully saturated rings. The van der Waals surface area contributed by atoms with Crippen LogP contribution in [0.3, 0.4) is 0 Å². The number of nitrogens with zero attached hydrogens (tertiary/aromatic N) is 3. The van der Waals surface area contributed by atoms with E-state index in [4.69, 9.17) is 4.98 Å². The van der Waals surface area contributed by atoms with Gasteiger partial charge in [-0.05, 0) is 28.9 Å². The molecular formula is C15H21BrN4S. The first-order valence-electron chi connectivity index (χ1n) is 6.92. The van der Waals surface area contributed by atoms with Crippen molar-refractivity contribution in [3.05, 3.63) is 32.2 Å². The van der Waals surface area contributed by atoms with Gasteiger partial charge in [0.15, 0.2) is 0 Å². The van der Waals surface area contributed by atoms with Crippen LogP contribution in [0.4, 0.5) is 11.6 Å². The van der Waals surface area contributed by atoms with E-state index in [9.17, 15) is 0 Å². The van der Waals surface area contributed by atoms with Gasteiger partial charge in [0.2, 0.25) is 0 Å². The van der Waals surface area contributed by atoms with Crippen LogP contribution in [-0.2, 0) is 6.54 Å². The van der Waals surface area contributed by atoms with Crippen LogP contribution in [-0.4, -0.2) is 24.1 Å². The van der Waals surface area contributed by atoms with Gasteiger partial charge in [0.1, 0.15) is 17.5 Å². The van der Waals surface area contributed by atoms with Gasteiger partial charge in [-0.25, -0.2) is 9.97 Å².